The van der Waals surface area contributed by atoms with E-state index in [0.29, 0.717) is 22.1 Å². The lowest BCUT2D eigenvalue weighted by atomic mass is 10.2. The van der Waals surface area contributed by atoms with Gasteiger partial charge in [-0.25, -0.2) is 4.90 Å². The molecule has 2 aromatic rings. The van der Waals surface area contributed by atoms with E-state index in [1.54, 1.807) is 42.5 Å². The van der Waals surface area contributed by atoms with Crippen LogP contribution in [0.1, 0.15) is 0 Å². The van der Waals surface area contributed by atoms with E-state index >= 15 is 0 Å². The van der Waals surface area contributed by atoms with Crippen LogP contribution in [-0.4, -0.2) is 18.9 Å². The van der Waals surface area contributed by atoms with Crippen molar-refractivity contribution < 1.29 is 14.3 Å². The number of anilines is 2. The Morgan fingerprint density at radius 3 is 2.36 bits per heavy atom. The molecule has 0 atom stereocenters. The maximum absolute atomic E-state index is 12.7. The zero-order chi connectivity index (χ0) is 18.1. The Hall–Kier alpha value is -1.77. The van der Waals surface area contributed by atoms with Gasteiger partial charge in [-0.15, -0.1) is 0 Å². The molecule has 0 radical (unpaired) electrons. The second-order valence-corrected chi connectivity index (χ2v) is 7.14. The summed E-state index contributed by atoms with van der Waals surface area (Å²) in [5.41, 5.74) is 0.864. The first-order valence-electron chi connectivity index (χ1n) is 7.07. The fourth-order valence-electron chi connectivity index (χ4n) is 2.35. The number of nitrogens with zero attached hydrogens (tertiary/aromatic N) is 1. The van der Waals surface area contributed by atoms with Crippen LogP contribution in [0.3, 0.4) is 0 Å². The smallest absolute Gasteiger partial charge is 0.283 e. The van der Waals surface area contributed by atoms with Crippen molar-refractivity contribution in [1.82, 2.24) is 0 Å². The molecule has 8 heteroatoms. The van der Waals surface area contributed by atoms with Crippen LogP contribution < -0.4 is 15.0 Å². The second kappa shape index (κ2) is 7.23. The number of halogens is 3. The highest BCUT2D eigenvalue weighted by molar-refractivity contribution is 14.1. The largest absolute Gasteiger partial charge is 0.495 e. The van der Waals surface area contributed by atoms with E-state index in [1.165, 1.54) is 7.11 Å². The monoisotopic (exact) mass is 488 g/mol. The molecule has 25 heavy (non-hydrogen) atoms. The van der Waals surface area contributed by atoms with Gasteiger partial charge in [-0.2, -0.15) is 0 Å². The summed E-state index contributed by atoms with van der Waals surface area (Å²) in [5, 5.41) is 3.13. The van der Waals surface area contributed by atoms with Crippen molar-refractivity contribution in [3.63, 3.8) is 0 Å². The predicted molar refractivity (Wildman–Crippen MR) is 106 cm³/mol. The SMILES string of the molecule is COc1ccc(Cl)cc1NC1=C(Cl)C(=O)N(c2ccc(I)cc2)C1=O. The molecule has 0 aliphatic carbocycles. The molecule has 5 nitrogen and oxygen atoms in total. The molecule has 1 N–H and O–H groups in total. The highest BCUT2D eigenvalue weighted by atomic mass is 127. The van der Waals surface area contributed by atoms with Crippen molar-refractivity contribution in [2.45, 2.75) is 0 Å². The number of benzene rings is 2. The lowest BCUT2D eigenvalue weighted by Crippen LogP contribution is -2.32. The van der Waals surface area contributed by atoms with E-state index in [2.05, 4.69) is 27.9 Å². The number of methoxy groups -OCH3 is 1. The van der Waals surface area contributed by atoms with Crippen LogP contribution >= 0.6 is 45.8 Å². The predicted octanol–water partition coefficient (Wildman–Crippen LogP) is 4.39. The molecule has 2 aromatic carbocycles. The van der Waals surface area contributed by atoms with Crippen molar-refractivity contribution >= 4 is 69.0 Å². The third kappa shape index (κ3) is 3.47. The van der Waals surface area contributed by atoms with Crippen LogP contribution in [0.4, 0.5) is 11.4 Å². The summed E-state index contributed by atoms with van der Waals surface area (Å²) < 4.78 is 6.22. The Morgan fingerprint density at radius 1 is 1.04 bits per heavy atom. The second-order valence-electron chi connectivity index (χ2n) is 5.08. The number of hydrogen-bond donors (Lipinski definition) is 1. The number of nitrogens with one attached hydrogen (secondary N) is 1. The van der Waals surface area contributed by atoms with Gasteiger partial charge in [0.1, 0.15) is 16.5 Å². The molecule has 0 aromatic heterocycles. The third-order valence-corrected chi connectivity index (χ3v) is 4.84. The van der Waals surface area contributed by atoms with Crippen LogP contribution in [-0.2, 0) is 9.59 Å². The van der Waals surface area contributed by atoms with E-state index in [4.69, 9.17) is 27.9 Å². The quantitative estimate of drug-likeness (QED) is 0.512. The van der Waals surface area contributed by atoms with Crippen LogP contribution in [0.25, 0.3) is 0 Å². The molecule has 128 valence electrons. The Kier molecular flexibility index (Phi) is 5.21. The molecule has 0 saturated carbocycles. The third-order valence-electron chi connectivity index (χ3n) is 3.53. The fourth-order valence-corrected chi connectivity index (χ4v) is 3.09. The number of rotatable bonds is 4. The minimum atomic E-state index is -0.587. The van der Waals surface area contributed by atoms with Gasteiger partial charge in [-0.3, -0.25) is 9.59 Å². The summed E-state index contributed by atoms with van der Waals surface area (Å²) in [7, 11) is 1.49. The molecule has 2 amide bonds. The minimum absolute atomic E-state index is 0.0224. The summed E-state index contributed by atoms with van der Waals surface area (Å²) >= 11 is 14.2. The van der Waals surface area contributed by atoms with Gasteiger partial charge in [0, 0.05) is 8.59 Å². The average molecular weight is 489 g/mol. The molecule has 0 unspecified atom stereocenters. The summed E-state index contributed by atoms with van der Waals surface area (Å²) in [6, 6.07) is 11.9. The Morgan fingerprint density at radius 2 is 1.72 bits per heavy atom. The molecular formula is C17H11Cl2IN2O3. The van der Waals surface area contributed by atoms with E-state index < -0.39 is 11.8 Å². The Balaban J connectivity index is 1.95. The molecule has 0 spiro atoms. The number of carbonyl (C=O) groups excluding carboxylic acids is 2. The van der Waals surface area contributed by atoms with Crippen LogP contribution in [0.5, 0.6) is 5.75 Å². The van der Waals surface area contributed by atoms with Gasteiger partial charge in [-0.1, -0.05) is 23.2 Å². The molecule has 0 fully saturated rings. The Labute approximate surface area is 167 Å². The molecule has 0 bridgehead atoms. The van der Waals surface area contributed by atoms with Crippen molar-refractivity contribution in [2.75, 3.05) is 17.3 Å². The highest BCUT2D eigenvalue weighted by Crippen LogP contribution is 2.34. The number of carbonyl (C=O) groups is 2. The maximum atomic E-state index is 12.7. The van der Waals surface area contributed by atoms with E-state index in [9.17, 15) is 9.59 Å². The van der Waals surface area contributed by atoms with Gasteiger partial charge in [0.15, 0.2) is 0 Å². The zero-order valence-electron chi connectivity index (χ0n) is 12.8. The molecule has 1 heterocycles. The van der Waals surface area contributed by atoms with Crippen molar-refractivity contribution in [2.24, 2.45) is 0 Å². The molecule has 3 rings (SSSR count). The number of amides is 2. The highest BCUT2D eigenvalue weighted by Gasteiger charge is 2.39. The molecule has 1 aliphatic heterocycles. The average Bonchev–Trinajstić information content (AvgIpc) is 2.80. The van der Waals surface area contributed by atoms with Crippen LogP contribution in [0.2, 0.25) is 5.02 Å². The Bertz CT molecular complexity index is 897. The van der Waals surface area contributed by atoms with Gasteiger partial charge < -0.3 is 10.1 Å². The fraction of sp³-hybridized carbons (Fsp3) is 0.0588. The van der Waals surface area contributed by atoms with Crippen molar-refractivity contribution in [3.8, 4) is 5.75 Å². The number of ether oxygens (including phenoxy) is 1. The van der Waals surface area contributed by atoms with Crippen molar-refractivity contribution in [1.29, 1.82) is 0 Å². The molecular weight excluding hydrogens is 478 g/mol. The first kappa shape index (κ1) is 18.0. The van der Waals surface area contributed by atoms with Crippen molar-refractivity contribution in [3.05, 3.63) is 61.8 Å². The topological polar surface area (TPSA) is 58.6 Å². The van der Waals surface area contributed by atoms with Crippen LogP contribution in [0, 0.1) is 3.57 Å². The van der Waals surface area contributed by atoms with Gasteiger partial charge in [-0.05, 0) is 65.1 Å². The summed E-state index contributed by atoms with van der Waals surface area (Å²) in [5.74, 6) is -0.663. The van der Waals surface area contributed by atoms with Gasteiger partial charge >= 0.3 is 0 Å². The van der Waals surface area contributed by atoms with E-state index in [0.717, 1.165) is 8.47 Å². The van der Waals surface area contributed by atoms with E-state index in [-0.39, 0.29) is 10.7 Å². The van der Waals surface area contributed by atoms with Gasteiger partial charge in [0.2, 0.25) is 0 Å². The number of hydrogen-bond acceptors (Lipinski definition) is 4. The number of imide groups is 1. The summed E-state index contributed by atoms with van der Waals surface area (Å²) in [4.78, 5) is 26.2. The molecule has 0 saturated heterocycles. The summed E-state index contributed by atoms with van der Waals surface area (Å²) in [6.07, 6.45) is 0. The lowest BCUT2D eigenvalue weighted by Gasteiger charge is -2.16. The van der Waals surface area contributed by atoms with Gasteiger partial charge in [0.25, 0.3) is 11.8 Å². The summed E-state index contributed by atoms with van der Waals surface area (Å²) in [6.45, 7) is 0. The zero-order valence-corrected chi connectivity index (χ0v) is 16.5. The standard InChI is InChI=1S/C17H11Cl2IN2O3/c1-25-13-7-2-9(18)8-12(13)21-15-14(19)16(23)22(17(15)24)11-5-3-10(20)4-6-11/h2-8,21H,1H3. The maximum Gasteiger partial charge on any atom is 0.283 e. The first-order chi connectivity index (χ1) is 11.9. The first-order valence-corrected chi connectivity index (χ1v) is 8.90. The minimum Gasteiger partial charge on any atom is -0.495 e. The normalized spacial score (nSPS) is 14.3. The van der Waals surface area contributed by atoms with Gasteiger partial charge in [0.05, 0.1) is 18.5 Å². The lowest BCUT2D eigenvalue weighted by molar-refractivity contribution is -0.120. The van der Waals surface area contributed by atoms with E-state index in [1.807, 2.05) is 0 Å². The van der Waals surface area contributed by atoms with Crippen LogP contribution in [0.15, 0.2) is 53.2 Å². The molecule has 1 aliphatic rings.